The molecule has 1 spiro atoms. The van der Waals surface area contributed by atoms with Crippen molar-refractivity contribution in [3.63, 3.8) is 0 Å². The molecule has 0 unspecified atom stereocenters. The van der Waals surface area contributed by atoms with Crippen LogP contribution in [0.3, 0.4) is 0 Å². The predicted molar refractivity (Wildman–Crippen MR) is 61.1 cm³/mol. The van der Waals surface area contributed by atoms with Crippen molar-refractivity contribution in [3.8, 4) is 0 Å². The van der Waals surface area contributed by atoms with Gasteiger partial charge in [-0.2, -0.15) is 0 Å². The standard InChI is InChI=1S/C9H8BrClN2O6/c10-8(11)6(15)12-7(16)13-5-4-3(14)2(18-5)1-17-9(8,13)19-4/h2-5,14H,1H2,(H,12,15,16)/t2-,3-,4+,5-,8-,9+/m1/s1. The molecule has 5 aliphatic rings. The van der Waals surface area contributed by atoms with E-state index in [-0.39, 0.29) is 6.61 Å². The van der Waals surface area contributed by atoms with E-state index in [0.29, 0.717) is 0 Å². The van der Waals surface area contributed by atoms with Crippen LogP contribution >= 0.6 is 27.5 Å². The zero-order valence-electron chi connectivity index (χ0n) is 9.21. The molecule has 0 aromatic heterocycles. The maximum absolute atomic E-state index is 12.0. The molecule has 4 bridgehead atoms. The monoisotopic (exact) mass is 354 g/mol. The summed E-state index contributed by atoms with van der Waals surface area (Å²) >= 11 is 9.22. The van der Waals surface area contributed by atoms with Crippen LogP contribution in [0.15, 0.2) is 0 Å². The Morgan fingerprint density at radius 3 is 3.00 bits per heavy atom. The molecule has 10 heteroatoms. The molecule has 0 aliphatic carbocycles. The van der Waals surface area contributed by atoms with E-state index in [0.717, 1.165) is 4.90 Å². The number of ether oxygens (including phenoxy) is 3. The molecule has 0 saturated carbocycles. The van der Waals surface area contributed by atoms with Crippen LogP contribution in [0.1, 0.15) is 0 Å². The summed E-state index contributed by atoms with van der Waals surface area (Å²) in [4.78, 5) is 25.0. The maximum Gasteiger partial charge on any atom is 0.330 e. The summed E-state index contributed by atoms with van der Waals surface area (Å²) in [6.07, 6.45) is -3.22. The lowest BCUT2D eigenvalue weighted by molar-refractivity contribution is -0.270. The third kappa shape index (κ3) is 1.20. The van der Waals surface area contributed by atoms with E-state index >= 15 is 0 Å². The van der Waals surface area contributed by atoms with Gasteiger partial charge >= 0.3 is 6.03 Å². The number of amides is 3. The number of fused-ring (bicyclic) bond motifs is 1. The van der Waals surface area contributed by atoms with Crippen LogP contribution in [0, 0.1) is 0 Å². The number of halogens is 2. The van der Waals surface area contributed by atoms with Crippen molar-refractivity contribution in [1.82, 2.24) is 10.2 Å². The van der Waals surface area contributed by atoms with Crippen molar-refractivity contribution < 1.29 is 28.9 Å². The summed E-state index contributed by atoms with van der Waals surface area (Å²) in [5.74, 6) is -2.61. The average Bonchev–Trinajstić information content (AvgIpc) is 2.65. The van der Waals surface area contributed by atoms with Gasteiger partial charge in [0.1, 0.15) is 18.3 Å². The molecule has 5 saturated heterocycles. The van der Waals surface area contributed by atoms with Gasteiger partial charge < -0.3 is 19.3 Å². The highest BCUT2D eigenvalue weighted by Gasteiger charge is 2.77. The number of aliphatic hydroxyl groups is 1. The van der Waals surface area contributed by atoms with Crippen molar-refractivity contribution in [2.45, 2.75) is 34.2 Å². The molecule has 5 heterocycles. The van der Waals surface area contributed by atoms with E-state index in [1.165, 1.54) is 0 Å². The summed E-state index contributed by atoms with van der Waals surface area (Å²) < 4.78 is 14.8. The van der Waals surface area contributed by atoms with Gasteiger partial charge in [-0.05, 0) is 15.9 Å². The zero-order valence-corrected chi connectivity index (χ0v) is 11.6. The van der Waals surface area contributed by atoms with E-state index < -0.39 is 46.2 Å². The maximum atomic E-state index is 12.0. The minimum absolute atomic E-state index is 0.0364. The molecule has 6 atom stereocenters. The number of carbonyl (C=O) groups is 2. The van der Waals surface area contributed by atoms with E-state index in [1.807, 2.05) is 0 Å². The van der Waals surface area contributed by atoms with Crippen molar-refractivity contribution >= 4 is 39.5 Å². The van der Waals surface area contributed by atoms with Crippen LogP contribution in [0.2, 0.25) is 0 Å². The van der Waals surface area contributed by atoms with Crippen LogP contribution in [0.4, 0.5) is 4.79 Å². The summed E-state index contributed by atoms with van der Waals surface area (Å²) in [7, 11) is 0. The number of hydrogen-bond donors (Lipinski definition) is 2. The fraction of sp³-hybridized carbons (Fsp3) is 0.778. The Labute approximate surface area is 120 Å². The second kappa shape index (κ2) is 3.41. The number of hydrogen-bond acceptors (Lipinski definition) is 6. The first-order valence-electron chi connectivity index (χ1n) is 5.56. The molecule has 8 nitrogen and oxygen atoms in total. The van der Waals surface area contributed by atoms with Crippen LogP contribution in [0.5, 0.6) is 0 Å². The highest BCUT2D eigenvalue weighted by molar-refractivity contribution is 9.10. The molecule has 5 rings (SSSR count). The molecule has 2 N–H and O–H groups in total. The van der Waals surface area contributed by atoms with Gasteiger partial charge in [0.25, 0.3) is 15.6 Å². The molecule has 3 amide bonds. The number of carbonyl (C=O) groups excluding carboxylic acids is 2. The topological polar surface area (TPSA) is 97.3 Å². The van der Waals surface area contributed by atoms with E-state index in [9.17, 15) is 14.7 Å². The van der Waals surface area contributed by atoms with Gasteiger partial charge in [-0.3, -0.25) is 10.1 Å². The Morgan fingerprint density at radius 2 is 2.26 bits per heavy atom. The molecule has 0 radical (unpaired) electrons. The van der Waals surface area contributed by atoms with Gasteiger partial charge in [-0.15, -0.1) is 0 Å². The van der Waals surface area contributed by atoms with Gasteiger partial charge in [0.05, 0.1) is 6.61 Å². The number of aliphatic hydroxyl groups excluding tert-OH is 1. The molecule has 0 aromatic rings. The smallest absolute Gasteiger partial charge is 0.330 e. The summed E-state index contributed by atoms with van der Waals surface area (Å²) in [6.45, 7) is -0.0364. The second-order valence-electron chi connectivity index (χ2n) is 4.73. The van der Waals surface area contributed by atoms with Gasteiger partial charge in [-0.25, -0.2) is 9.69 Å². The lowest BCUT2D eigenvalue weighted by Gasteiger charge is -2.45. The minimum atomic E-state index is -1.82. The third-order valence-corrected chi connectivity index (χ3v) is 5.02. The van der Waals surface area contributed by atoms with E-state index in [2.05, 4.69) is 21.2 Å². The third-order valence-electron chi connectivity index (χ3n) is 3.74. The van der Waals surface area contributed by atoms with Crippen molar-refractivity contribution in [2.24, 2.45) is 0 Å². The van der Waals surface area contributed by atoms with Crippen LogP contribution in [-0.4, -0.2) is 62.8 Å². The average molecular weight is 356 g/mol. The quantitative estimate of drug-likeness (QED) is 0.543. The second-order valence-corrected chi connectivity index (χ2v) is 6.95. The Bertz CT molecular complexity index is 503. The molecule has 0 aromatic carbocycles. The van der Waals surface area contributed by atoms with Gasteiger partial charge in [-0.1, -0.05) is 11.6 Å². The highest BCUT2D eigenvalue weighted by atomic mass is 79.9. The fourth-order valence-electron chi connectivity index (χ4n) is 2.84. The Morgan fingerprint density at radius 1 is 1.53 bits per heavy atom. The number of urea groups is 1. The van der Waals surface area contributed by atoms with Gasteiger partial charge in [0, 0.05) is 0 Å². The van der Waals surface area contributed by atoms with Crippen LogP contribution in [0.25, 0.3) is 0 Å². The predicted octanol–water partition coefficient (Wildman–Crippen LogP) is -0.963. The molecule has 19 heavy (non-hydrogen) atoms. The normalized spacial score (nSPS) is 55.2. The van der Waals surface area contributed by atoms with Gasteiger partial charge in [0.15, 0.2) is 6.23 Å². The summed E-state index contributed by atoms with van der Waals surface area (Å²) in [5, 5.41) is 12.1. The number of alkyl halides is 2. The van der Waals surface area contributed by atoms with Crippen molar-refractivity contribution in [1.29, 1.82) is 0 Å². The Balaban J connectivity index is 1.91. The first kappa shape index (κ1) is 12.3. The molecule has 5 aliphatic heterocycles. The zero-order chi connectivity index (χ0) is 13.6. The number of nitrogens with one attached hydrogen (secondary N) is 1. The summed E-state index contributed by atoms with van der Waals surface area (Å²) in [5.41, 5.74) is 0. The largest absolute Gasteiger partial charge is 0.387 e. The molecular weight excluding hydrogens is 347 g/mol. The van der Waals surface area contributed by atoms with Crippen molar-refractivity contribution in [2.75, 3.05) is 6.61 Å². The lowest BCUT2D eigenvalue weighted by atomic mass is 10.1. The number of rotatable bonds is 0. The first-order valence-corrected chi connectivity index (χ1v) is 6.73. The molecular formula is C9H8BrClN2O6. The highest BCUT2D eigenvalue weighted by Crippen LogP contribution is 2.55. The Hall–Kier alpha value is -0.450. The van der Waals surface area contributed by atoms with Crippen LogP contribution in [-0.2, 0) is 19.0 Å². The fourth-order valence-corrected chi connectivity index (χ4v) is 3.58. The van der Waals surface area contributed by atoms with Gasteiger partial charge in [0.2, 0.25) is 0 Å². The van der Waals surface area contributed by atoms with Crippen molar-refractivity contribution in [3.05, 3.63) is 0 Å². The number of nitrogens with zero attached hydrogens (tertiary/aromatic N) is 1. The molecule has 104 valence electrons. The Kier molecular flexibility index (Phi) is 2.21. The molecule has 5 fully saturated rings. The number of imide groups is 1. The minimum Gasteiger partial charge on any atom is -0.387 e. The summed E-state index contributed by atoms with van der Waals surface area (Å²) in [6, 6.07) is -0.733. The van der Waals surface area contributed by atoms with Crippen LogP contribution < -0.4 is 5.32 Å². The van der Waals surface area contributed by atoms with E-state index in [1.54, 1.807) is 0 Å². The van der Waals surface area contributed by atoms with E-state index in [4.69, 9.17) is 25.8 Å². The SMILES string of the molecule is O=C1NC(=O)[C@](Cl)(Br)[C@]23OC[C@H]4O[C@H]([C@@H](O2)[C@@H]4O)N13. The lowest BCUT2D eigenvalue weighted by Crippen LogP contribution is -2.73. The first-order chi connectivity index (χ1) is 8.88.